The first-order valence-corrected chi connectivity index (χ1v) is 5.22. The first kappa shape index (κ1) is 12.2. The van der Waals surface area contributed by atoms with Crippen molar-refractivity contribution in [2.45, 2.75) is 6.42 Å². The Morgan fingerprint density at radius 1 is 1.73 bits per heavy atom. The number of amides is 1. The first-order valence-electron chi connectivity index (χ1n) is 5.22. The highest BCUT2D eigenvalue weighted by Gasteiger charge is 2.42. The van der Waals surface area contributed by atoms with Crippen LogP contribution in [-0.4, -0.2) is 51.2 Å². The zero-order valence-electron chi connectivity index (χ0n) is 9.58. The second-order valence-corrected chi connectivity index (χ2v) is 4.11. The molecule has 1 amide bonds. The number of rotatable bonds is 5. The molecule has 1 unspecified atom stereocenters. The maximum absolute atomic E-state index is 12.2. The molecule has 1 aliphatic rings. The molecule has 0 spiro atoms. The van der Waals surface area contributed by atoms with Crippen LogP contribution in [-0.2, 0) is 9.53 Å². The number of methoxy groups -OCH3 is 1. The smallest absolute Gasteiger partial charge is 0.232 e. The van der Waals surface area contributed by atoms with E-state index in [0.717, 1.165) is 13.0 Å². The van der Waals surface area contributed by atoms with E-state index in [4.69, 9.17) is 4.74 Å². The summed E-state index contributed by atoms with van der Waals surface area (Å²) < 4.78 is 5.17. The number of likely N-dealkylation sites (N-methyl/N-ethyl adjacent to an activating group) is 1. The fourth-order valence-electron chi connectivity index (χ4n) is 2.07. The molecule has 15 heavy (non-hydrogen) atoms. The standard InChI is InChI=1S/C11H20N2O2/c1-4-7-13(2)10(14)11(9-15-3)5-6-12-8-11/h4,12H,1,5-9H2,2-3H3. The molecule has 0 radical (unpaired) electrons. The van der Waals surface area contributed by atoms with Crippen LogP contribution in [0.5, 0.6) is 0 Å². The number of carbonyl (C=O) groups is 1. The fourth-order valence-corrected chi connectivity index (χ4v) is 2.07. The van der Waals surface area contributed by atoms with Gasteiger partial charge in [-0.15, -0.1) is 6.58 Å². The summed E-state index contributed by atoms with van der Waals surface area (Å²) in [5.41, 5.74) is -0.369. The van der Waals surface area contributed by atoms with E-state index in [-0.39, 0.29) is 11.3 Å². The molecule has 1 aliphatic heterocycles. The van der Waals surface area contributed by atoms with Gasteiger partial charge < -0.3 is 15.0 Å². The van der Waals surface area contributed by atoms with Crippen molar-refractivity contribution in [1.29, 1.82) is 0 Å². The van der Waals surface area contributed by atoms with Crippen molar-refractivity contribution in [1.82, 2.24) is 10.2 Å². The van der Waals surface area contributed by atoms with Gasteiger partial charge in [-0.25, -0.2) is 0 Å². The Hall–Kier alpha value is -0.870. The second-order valence-electron chi connectivity index (χ2n) is 4.11. The van der Waals surface area contributed by atoms with Crippen LogP contribution < -0.4 is 5.32 Å². The van der Waals surface area contributed by atoms with Gasteiger partial charge in [0.05, 0.1) is 12.0 Å². The molecule has 4 heteroatoms. The van der Waals surface area contributed by atoms with Crippen LogP contribution >= 0.6 is 0 Å². The lowest BCUT2D eigenvalue weighted by atomic mass is 9.86. The predicted molar refractivity (Wildman–Crippen MR) is 59.6 cm³/mol. The Bertz CT molecular complexity index is 235. The van der Waals surface area contributed by atoms with E-state index in [9.17, 15) is 4.79 Å². The van der Waals surface area contributed by atoms with Crippen molar-refractivity contribution < 1.29 is 9.53 Å². The molecule has 0 aromatic heterocycles. The molecule has 0 aliphatic carbocycles. The van der Waals surface area contributed by atoms with Crippen molar-refractivity contribution >= 4 is 5.91 Å². The Balaban J connectivity index is 2.70. The summed E-state index contributed by atoms with van der Waals surface area (Å²) >= 11 is 0. The van der Waals surface area contributed by atoms with E-state index >= 15 is 0 Å². The SMILES string of the molecule is C=CCN(C)C(=O)C1(COC)CCNC1. The van der Waals surface area contributed by atoms with Crippen LogP contribution in [0.25, 0.3) is 0 Å². The van der Waals surface area contributed by atoms with Gasteiger partial charge in [0, 0.05) is 27.2 Å². The van der Waals surface area contributed by atoms with E-state index in [1.54, 1.807) is 25.1 Å². The van der Waals surface area contributed by atoms with E-state index < -0.39 is 0 Å². The van der Waals surface area contributed by atoms with Crippen molar-refractivity contribution in [3.05, 3.63) is 12.7 Å². The molecule has 0 saturated carbocycles. The van der Waals surface area contributed by atoms with Gasteiger partial charge in [-0.05, 0) is 13.0 Å². The molecule has 1 atom stereocenters. The van der Waals surface area contributed by atoms with Crippen molar-refractivity contribution in [3.8, 4) is 0 Å². The van der Waals surface area contributed by atoms with Gasteiger partial charge in [-0.2, -0.15) is 0 Å². The monoisotopic (exact) mass is 212 g/mol. The Morgan fingerprint density at radius 2 is 2.47 bits per heavy atom. The van der Waals surface area contributed by atoms with Crippen LogP contribution in [0.4, 0.5) is 0 Å². The highest BCUT2D eigenvalue weighted by atomic mass is 16.5. The predicted octanol–water partition coefficient (Wildman–Crippen LogP) is 0.257. The largest absolute Gasteiger partial charge is 0.384 e. The normalized spacial score (nSPS) is 25.2. The van der Waals surface area contributed by atoms with Crippen molar-refractivity contribution in [2.24, 2.45) is 5.41 Å². The van der Waals surface area contributed by atoms with Crippen LogP contribution in [0, 0.1) is 5.41 Å². The van der Waals surface area contributed by atoms with Gasteiger partial charge in [0.1, 0.15) is 0 Å². The molecule has 0 bridgehead atoms. The van der Waals surface area contributed by atoms with Gasteiger partial charge in [0.15, 0.2) is 0 Å². The highest BCUT2D eigenvalue weighted by molar-refractivity contribution is 5.83. The summed E-state index contributed by atoms with van der Waals surface area (Å²) in [5.74, 6) is 0.147. The molecule has 4 nitrogen and oxygen atoms in total. The zero-order chi connectivity index (χ0) is 11.3. The molecule has 1 heterocycles. The Morgan fingerprint density at radius 3 is 2.93 bits per heavy atom. The van der Waals surface area contributed by atoms with Crippen LogP contribution in [0.15, 0.2) is 12.7 Å². The first-order chi connectivity index (χ1) is 7.16. The van der Waals surface area contributed by atoms with Gasteiger partial charge in [0.25, 0.3) is 0 Å². The molecule has 1 rings (SSSR count). The molecular weight excluding hydrogens is 192 g/mol. The number of nitrogens with one attached hydrogen (secondary N) is 1. The fraction of sp³-hybridized carbons (Fsp3) is 0.727. The van der Waals surface area contributed by atoms with Gasteiger partial charge >= 0.3 is 0 Å². The Kier molecular flexibility index (Phi) is 4.29. The van der Waals surface area contributed by atoms with Crippen LogP contribution in [0.1, 0.15) is 6.42 Å². The topological polar surface area (TPSA) is 41.6 Å². The number of ether oxygens (including phenoxy) is 1. The minimum atomic E-state index is -0.369. The number of hydrogen-bond donors (Lipinski definition) is 1. The van der Waals surface area contributed by atoms with E-state index in [1.165, 1.54) is 0 Å². The third-order valence-corrected chi connectivity index (χ3v) is 2.87. The Labute approximate surface area is 91.3 Å². The molecular formula is C11H20N2O2. The minimum absolute atomic E-state index is 0.147. The molecule has 0 aromatic rings. The van der Waals surface area contributed by atoms with Gasteiger partial charge in [-0.3, -0.25) is 4.79 Å². The average molecular weight is 212 g/mol. The second kappa shape index (κ2) is 5.28. The molecule has 86 valence electrons. The lowest BCUT2D eigenvalue weighted by Gasteiger charge is -2.30. The summed E-state index contributed by atoms with van der Waals surface area (Å²) in [6.07, 6.45) is 2.59. The number of hydrogen-bond acceptors (Lipinski definition) is 3. The van der Waals surface area contributed by atoms with E-state index in [1.807, 2.05) is 0 Å². The lowest BCUT2D eigenvalue weighted by Crippen LogP contribution is -2.46. The third kappa shape index (κ3) is 2.58. The van der Waals surface area contributed by atoms with Crippen molar-refractivity contribution in [2.75, 3.05) is 40.4 Å². The van der Waals surface area contributed by atoms with E-state index in [0.29, 0.717) is 19.7 Å². The molecule has 1 fully saturated rings. The minimum Gasteiger partial charge on any atom is -0.384 e. The maximum Gasteiger partial charge on any atom is 0.232 e. The molecule has 1 N–H and O–H groups in total. The molecule has 1 saturated heterocycles. The van der Waals surface area contributed by atoms with Crippen LogP contribution in [0.3, 0.4) is 0 Å². The number of nitrogens with zero attached hydrogens (tertiary/aromatic N) is 1. The van der Waals surface area contributed by atoms with Gasteiger partial charge in [0.2, 0.25) is 5.91 Å². The third-order valence-electron chi connectivity index (χ3n) is 2.87. The van der Waals surface area contributed by atoms with Gasteiger partial charge in [-0.1, -0.05) is 6.08 Å². The highest BCUT2D eigenvalue weighted by Crippen LogP contribution is 2.28. The lowest BCUT2D eigenvalue weighted by molar-refractivity contribution is -0.142. The maximum atomic E-state index is 12.2. The summed E-state index contributed by atoms with van der Waals surface area (Å²) in [4.78, 5) is 13.9. The average Bonchev–Trinajstić information content (AvgIpc) is 2.67. The summed E-state index contributed by atoms with van der Waals surface area (Å²) in [7, 11) is 3.45. The summed E-state index contributed by atoms with van der Waals surface area (Å²) in [5, 5.41) is 3.22. The van der Waals surface area contributed by atoms with Crippen molar-refractivity contribution in [3.63, 3.8) is 0 Å². The van der Waals surface area contributed by atoms with E-state index in [2.05, 4.69) is 11.9 Å². The van der Waals surface area contributed by atoms with Crippen LogP contribution in [0.2, 0.25) is 0 Å². The molecule has 0 aromatic carbocycles. The summed E-state index contributed by atoms with van der Waals surface area (Å²) in [6, 6.07) is 0. The number of carbonyl (C=O) groups excluding carboxylic acids is 1. The quantitative estimate of drug-likeness (QED) is 0.665. The summed E-state index contributed by atoms with van der Waals surface area (Å²) in [6.45, 7) is 6.31. The zero-order valence-corrected chi connectivity index (χ0v) is 9.58.